The Morgan fingerprint density at radius 3 is 2.88 bits per heavy atom. The van der Waals surface area contributed by atoms with Crippen LogP contribution < -0.4 is 5.56 Å². The van der Waals surface area contributed by atoms with E-state index >= 15 is 0 Å². The van der Waals surface area contributed by atoms with E-state index in [2.05, 4.69) is 19.9 Å². The molecular weight excluding hydrogens is 318 g/mol. The van der Waals surface area contributed by atoms with Gasteiger partial charge in [0.1, 0.15) is 5.69 Å². The number of hydrogen-bond acceptors (Lipinski definition) is 5. The summed E-state index contributed by atoms with van der Waals surface area (Å²) in [5.41, 5.74) is 1.07. The first kappa shape index (κ1) is 16.0. The summed E-state index contributed by atoms with van der Waals surface area (Å²) >= 11 is 0. The molecular formula is C18H21N5O2. The monoisotopic (exact) mass is 339 g/mol. The number of hydrogen-bond donors (Lipinski definition) is 1. The standard InChI is InChI=1S/C18H21N5O2/c24-17-8-20-16(7-21-17)18(25)23-10-13-4-5-15(12-23)22(9-13)11-14-3-1-2-6-19-14/h1-3,6-8,13,15H,4-5,9-12H2,(H,21,24)/t13-,15-/m0/s1. The molecule has 2 bridgehead atoms. The van der Waals surface area contributed by atoms with Gasteiger partial charge < -0.3 is 9.88 Å². The third-order valence-electron chi connectivity index (χ3n) is 5.10. The molecule has 3 saturated heterocycles. The topological polar surface area (TPSA) is 82.2 Å². The van der Waals surface area contributed by atoms with Crippen molar-refractivity contribution in [3.8, 4) is 0 Å². The first-order valence-electron chi connectivity index (χ1n) is 8.67. The first-order valence-corrected chi connectivity index (χ1v) is 8.67. The molecule has 0 aromatic carbocycles. The van der Waals surface area contributed by atoms with E-state index in [9.17, 15) is 9.59 Å². The van der Waals surface area contributed by atoms with Gasteiger partial charge in [0.05, 0.1) is 11.9 Å². The lowest BCUT2D eigenvalue weighted by atomic mass is 9.95. The molecule has 3 fully saturated rings. The van der Waals surface area contributed by atoms with Gasteiger partial charge in [-0.3, -0.25) is 19.5 Å². The van der Waals surface area contributed by atoms with E-state index in [1.54, 1.807) is 0 Å². The molecule has 2 atom stereocenters. The Bertz CT molecular complexity index is 786. The van der Waals surface area contributed by atoms with Crippen LogP contribution in [0.15, 0.2) is 41.6 Å². The highest BCUT2D eigenvalue weighted by Gasteiger charge is 2.37. The number of nitrogens with zero attached hydrogens (tertiary/aromatic N) is 4. The minimum absolute atomic E-state index is 0.104. The summed E-state index contributed by atoms with van der Waals surface area (Å²) in [7, 11) is 0. The van der Waals surface area contributed by atoms with Crippen LogP contribution in [0.4, 0.5) is 0 Å². The number of rotatable bonds is 3. The largest absolute Gasteiger partial charge is 0.335 e. The predicted molar refractivity (Wildman–Crippen MR) is 91.9 cm³/mol. The molecule has 3 aliphatic heterocycles. The number of pyridine rings is 1. The van der Waals surface area contributed by atoms with Crippen molar-refractivity contribution in [2.45, 2.75) is 25.4 Å². The molecule has 0 spiro atoms. The molecule has 5 rings (SSSR count). The molecule has 1 N–H and O–H groups in total. The van der Waals surface area contributed by atoms with E-state index in [4.69, 9.17) is 0 Å². The summed E-state index contributed by atoms with van der Waals surface area (Å²) in [5, 5.41) is 0. The zero-order valence-corrected chi connectivity index (χ0v) is 14.0. The van der Waals surface area contributed by atoms with Gasteiger partial charge in [0.2, 0.25) is 0 Å². The quantitative estimate of drug-likeness (QED) is 0.898. The molecule has 7 heteroatoms. The van der Waals surface area contributed by atoms with Crippen LogP contribution in [0.3, 0.4) is 0 Å². The van der Waals surface area contributed by atoms with Crippen molar-refractivity contribution < 1.29 is 4.79 Å². The van der Waals surface area contributed by atoms with Crippen molar-refractivity contribution in [1.82, 2.24) is 24.8 Å². The Hall–Kier alpha value is -2.54. The second-order valence-electron chi connectivity index (χ2n) is 6.85. The molecule has 7 nitrogen and oxygen atoms in total. The van der Waals surface area contributed by atoms with Crippen molar-refractivity contribution in [2.24, 2.45) is 5.92 Å². The maximum atomic E-state index is 12.8. The molecule has 1 amide bonds. The van der Waals surface area contributed by atoms with Crippen LogP contribution in [0.2, 0.25) is 0 Å². The maximum absolute atomic E-state index is 12.8. The fourth-order valence-electron chi connectivity index (χ4n) is 3.86. The number of aromatic nitrogens is 3. The highest BCUT2D eigenvalue weighted by atomic mass is 16.2. The third kappa shape index (κ3) is 3.46. The van der Waals surface area contributed by atoms with E-state index in [-0.39, 0.29) is 11.5 Å². The average molecular weight is 339 g/mol. The van der Waals surface area contributed by atoms with Gasteiger partial charge in [0, 0.05) is 44.6 Å². The van der Waals surface area contributed by atoms with E-state index in [1.807, 2.05) is 29.3 Å². The van der Waals surface area contributed by atoms with Crippen LogP contribution in [-0.2, 0) is 6.54 Å². The Balaban J connectivity index is 1.50. The van der Waals surface area contributed by atoms with Crippen LogP contribution in [0.25, 0.3) is 0 Å². The van der Waals surface area contributed by atoms with Crippen molar-refractivity contribution in [2.75, 3.05) is 19.6 Å². The lowest BCUT2D eigenvalue weighted by Crippen LogP contribution is -2.44. The van der Waals surface area contributed by atoms with Gasteiger partial charge in [0.15, 0.2) is 0 Å². The summed E-state index contributed by atoms with van der Waals surface area (Å²) in [5.74, 6) is 0.363. The molecule has 2 aromatic heterocycles. The molecule has 0 aliphatic carbocycles. The molecule has 2 aromatic rings. The normalized spacial score (nSPS) is 23.4. The van der Waals surface area contributed by atoms with Gasteiger partial charge in [-0.25, -0.2) is 4.98 Å². The maximum Gasteiger partial charge on any atom is 0.274 e. The molecule has 25 heavy (non-hydrogen) atoms. The predicted octanol–water partition coefficient (Wildman–Crippen LogP) is 0.901. The number of nitrogens with one attached hydrogen (secondary N) is 1. The number of H-pyrrole nitrogens is 1. The van der Waals surface area contributed by atoms with Gasteiger partial charge >= 0.3 is 0 Å². The Morgan fingerprint density at radius 2 is 2.12 bits per heavy atom. The number of aromatic amines is 1. The Morgan fingerprint density at radius 1 is 1.20 bits per heavy atom. The number of amides is 1. The zero-order chi connectivity index (χ0) is 17.2. The molecule has 0 saturated carbocycles. The van der Waals surface area contributed by atoms with Crippen LogP contribution in [0, 0.1) is 5.92 Å². The highest BCUT2D eigenvalue weighted by Crippen LogP contribution is 2.29. The molecule has 0 radical (unpaired) electrons. The summed E-state index contributed by atoms with van der Waals surface area (Å²) in [6.45, 7) is 3.25. The van der Waals surface area contributed by atoms with Crippen molar-refractivity contribution >= 4 is 5.91 Å². The second kappa shape index (κ2) is 6.76. The summed E-state index contributed by atoms with van der Waals surface area (Å²) in [4.78, 5) is 39.2. The smallest absolute Gasteiger partial charge is 0.274 e. The Labute approximate surface area is 145 Å². The minimum atomic E-state index is -0.297. The van der Waals surface area contributed by atoms with E-state index < -0.39 is 0 Å². The minimum Gasteiger partial charge on any atom is -0.335 e. The number of fused-ring (bicyclic) bond motifs is 4. The van der Waals surface area contributed by atoms with Crippen molar-refractivity contribution in [1.29, 1.82) is 0 Å². The lowest BCUT2D eigenvalue weighted by molar-refractivity contribution is 0.0729. The third-order valence-corrected chi connectivity index (χ3v) is 5.10. The van der Waals surface area contributed by atoms with Crippen molar-refractivity contribution in [3.05, 3.63) is 58.5 Å². The SMILES string of the molecule is O=C(c1c[nH]c(=O)cn1)N1C[C@H]2CC[C@@H](C1)N(Cc1ccccn1)C2. The second-order valence-corrected chi connectivity index (χ2v) is 6.85. The zero-order valence-electron chi connectivity index (χ0n) is 14.0. The molecule has 0 unspecified atom stereocenters. The van der Waals surface area contributed by atoms with E-state index in [0.717, 1.165) is 44.4 Å². The van der Waals surface area contributed by atoms with Crippen LogP contribution in [0.5, 0.6) is 0 Å². The van der Waals surface area contributed by atoms with Gasteiger partial charge in [0.25, 0.3) is 11.5 Å². The molecule has 5 heterocycles. The molecule has 3 aliphatic rings. The average Bonchev–Trinajstić information content (AvgIpc) is 2.94. The Kier molecular flexibility index (Phi) is 4.31. The summed E-state index contributed by atoms with van der Waals surface area (Å²) in [6.07, 6.45) is 6.63. The van der Waals surface area contributed by atoms with E-state index in [1.165, 1.54) is 6.20 Å². The number of piperidine rings is 1. The van der Waals surface area contributed by atoms with Gasteiger partial charge in [-0.2, -0.15) is 0 Å². The highest BCUT2D eigenvalue weighted by molar-refractivity contribution is 5.92. The lowest BCUT2D eigenvalue weighted by Gasteiger charge is -2.35. The van der Waals surface area contributed by atoms with Gasteiger partial charge in [-0.15, -0.1) is 0 Å². The molecule has 130 valence electrons. The van der Waals surface area contributed by atoms with Gasteiger partial charge in [-0.1, -0.05) is 6.07 Å². The van der Waals surface area contributed by atoms with Crippen LogP contribution in [-0.4, -0.2) is 56.3 Å². The summed E-state index contributed by atoms with van der Waals surface area (Å²) in [6, 6.07) is 6.32. The first-order chi connectivity index (χ1) is 12.2. The van der Waals surface area contributed by atoms with Crippen LogP contribution in [0.1, 0.15) is 29.0 Å². The number of carbonyl (C=O) groups excluding carboxylic acids is 1. The summed E-state index contributed by atoms with van der Waals surface area (Å²) < 4.78 is 0. The van der Waals surface area contributed by atoms with Crippen molar-refractivity contribution in [3.63, 3.8) is 0 Å². The van der Waals surface area contributed by atoms with Gasteiger partial charge in [-0.05, 0) is 30.9 Å². The fourth-order valence-corrected chi connectivity index (χ4v) is 3.86. The number of carbonyl (C=O) groups is 1. The van der Waals surface area contributed by atoms with Crippen LogP contribution >= 0.6 is 0 Å². The fraction of sp³-hybridized carbons (Fsp3) is 0.444. The van der Waals surface area contributed by atoms with E-state index in [0.29, 0.717) is 24.2 Å².